The zero-order chi connectivity index (χ0) is 17.0. The molecule has 6 heteroatoms. The van der Waals surface area contributed by atoms with Crippen molar-refractivity contribution in [3.8, 4) is 5.75 Å². The van der Waals surface area contributed by atoms with E-state index in [-0.39, 0.29) is 12.5 Å². The molecule has 0 spiro atoms. The lowest BCUT2D eigenvalue weighted by atomic mass is 10.2. The summed E-state index contributed by atoms with van der Waals surface area (Å²) in [5.41, 5.74) is 2.55. The molecule has 0 atom stereocenters. The van der Waals surface area contributed by atoms with Gasteiger partial charge >= 0.3 is 0 Å². The number of rotatable bonds is 5. The second-order valence-corrected chi connectivity index (χ2v) is 6.16. The standard InChI is InChI=1S/C17H18Cl2N2O2/c1-11-8-12(18)9-15(19)17(11)23-10-16(22)20-13-4-6-14(7-5-13)21(2)3/h4-9H,10H2,1-3H3,(H,20,22). The van der Waals surface area contributed by atoms with Gasteiger partial charge in [-0.3, -0.25) is 4.79 Å². The SMILES string of the molecule is Cc1cc(Cl)cc(Cl)c1OCC(=O)Nc1ccc(N(C)C)cc1. The largest absolute Gasteiger partial charge is 0.482 e. The van der Waals surface area contributed by atoms with E-state index >= 15 is 0 Å². The number of hydrogen-bond acceptors (Lipinski definition) is 3. The Kier molecular flexibility index (Phi) is 5.74. The minimum atomic E-state index is -0.256. The molecule has 0 aliphatic carbocycles. The van der Waals surface area contributed by atoms with Gasteiger partial charge in [0.25, 0.3) is 5.91 Å². The maximum atomic E-state index is 12.0. The Morgan fingerprint density at radius 2 is 1.83 bits per heavy atom. The Hall–Kier alpha value is -1.91. The maximum absolute atomic E-state index is 12.0. The summed E-state index contributed by atoms with van der Waals surface area (Å²) < 4.78 is 5.51. The van der Waals surface area contributed by atoms with Gasteiger partial charge in [0.05, 0.1) is 5.02 Å². The third-order valence-corrected chi connectivity index (χ3v) is 3.71. The van der Waals surface area contributed by atoms with Gasteiger partial charge in [-0.2, -0.15) is 0 Å². The number of nitrogens with zero attached hydrogens (tertiary/aromatic N) is 1. The van der Waals surface area contributed by atoms with Gasteiger partial charge in [0.15, 0.2) is 6.61 Å². The van der Waals surface area contributed by atoms with Crippen molar-refractivity contribution >= 4 is 40.5 Å². The number of hydrogen-bond donors (Lipinski definition) is 1. The fourth-order valence-corrected chi connectivity index (χ4v) is 2.70. The molecule has 2 aromatic rings. The van der Waals surface area contributed by atoms with Crippen molar-refractivity contribution in [3.05, 3.63) is 52.0 Å². The zero-order valence-corrected chi connectivity index (χ0v) is 14.7. The normalized spacial score (nSPS) is 10.3. The average Bonchev–Trinajstić information content (AvgIpc) is 2.46. The molecular formula is C17H18Cl2N2O2. The lowest BCUT2D eigenvalue weighted by molar-refractivity contribution is -0.118. The van der Waals surface area contributed by atoms with E-state index in [4.69, 9.17) is 27.9 Å². The third-order valence-electron chi connectivity index (χ3n) is 3.21. The molecule has 0 aliphatic rings. The first-order valence-electron chi connectivity index (χ1n) is 7.02. The smallest absolute Gasteiger partial charge is 0.262 e. The summed E-state index contributed by atoms with van der Waals surface area (Å²) in [5, 5.41) is 3.70. The second kappa shape index (κ2) is 7.57. The van der Waals surface area contributed by atoms with E-state index in [1.807, 2.05) is 50.2 Å². The molecule has 2 rings (SSSR count). The molecule has 23 heavy (non-hydrogen) atoms. The molecular weight excluding hydrogens is 335 g/mol. The Labute approximate surface area is 146 Å². The van der Waals surface area contributed by atoms with Crippen LogP contribution in [0.5, 0.6) is 5.75 Å². The molecule has 2 aromatic carbocycles. The summed E-state index contributed by atoms with van der Waals surface area (Å²) in [6.45, 7) is 1.70. The van der Waals surface area contributed by atoms with Crippen LogP contribution < -0.4 is 15.0 Å². The maximum Gasteiger partial charge on any atom is 0.262 e. The molecule has 0 fully saturated rings. The summed E-state index contributed by atoms with van der Waals surface area (Å²) in [6.07, 6.45) is 0. The van der Waals surface area contributed by atoms with Gasteiger partial charge in [0.1, 0.15) is 5.75 Å². The number of anilines is 2. The highest BCUT2D eigenvalue weighted by molar-refractivity contribution is 6.35. The van der Waals surface area contributed by atoms with Gasteiger partial charge in [0.2, 0.25) is 0 Å². The van der Waals surface area contributed by atoms with Crippen molar-refractivity contribution in [3.63, 3.8) is 0 Å². The molecule has 0 radical (unpaired) electrons. The van der Waals surface area contributed by atoms with Gasteiger partial charge < -0.3 is 15.0 Å². The van der Waals surface area contributed by atoms with E-state index in [1.165, 1.54) is 0 Å². The minimum absolute atomic E-state index is 0.127. The number of amides is 1. The average molecular weight is 353 g/mol. The Morgan fingerprint density at radius 1 is 1.17 bits per heavy atom. The van der Waals surface area contributed by atoms with E-state index < -0.39 is 0 Å². The van der Waals surface area contributed by atoms with Gasteiger partial charge in [-0.1, -0.05) is 23.2 Å². The molecule has 1 N–H and O–H groups in total. The van der Waals surface area contributed by atoms with Gasteiger partial charge in [0, 0.05) is 30.5 Å². The van der Waals surface area contributed by atoms with Gasteiger partial charge in [-0.15, -0.1) is 0 Å². The number of carbonyl (C=O) groups excluding carboxylic acids is 1. The highest BCUT2D eigenvalue weighted by atomic mass is 35.5. The van der Waals surface area contributed by atoms with E-state index in [0.717, 1.165) is 11.3 Å². The molecule has 1 amide bonds. The van der Waals surface area contributed by atoms with Crippen molar-refractivity contribution in [1.82, 2.24) is 0 Å². The summed E-state index contributed by atoms with van der Waals surface area (Å²) in [5.74, 6) is 0.210. The summed E-state index contributed by atoms with van der Waals surface area (Å²) >= 11 is 12.0. The first-order valence-corrected chi connectivity index (χ1v) is 7.78. The van der Waals surface area contributed by atoms with E-state index in [0.29, 0.717) is 21.5 Å². The fraction of sp³-hybridized carbons (Fsp3) is 0.235. The monoisotopic (exact) mass is 352 g/mol. The van der Waals surface area contributed by atoms with Crippen LogP contribution in [-0.2, 0) is 4.79 Å². The molecule has 0 bridgehead atoms. The number of halogens is 2. The van der Waals surface area contributed by atoms with Crippen molar-refractivity contribution in [2.24, 2.45) is 0 Å². The first kappa shape index (κ1) is 17.4. The minimum Gasteiger partial charge on any atom is -0.482 e. The van der Waals surface area contributed by atoms with E-state index in [2.05, 4.69) is 5.32 Å². The van der Waals surface area contributed by atoms with Crippen LogP contribution in [0, 0.1) is 6.92 Å². The molecule has 0 unspecified atom stereocenters. The highest BCUT2D eigenvalue weighted by Crippen LogP contribution is 2.31. The summed E-state index contributed by atoms with van der Waals surface area (Å²) in [6, 6.07) is 10.9. The number of aryl methyl sites for hydroxylation is 1. The van der Waals surface area contributed by atoms with Crippen LogP contribution in [0.1, 0.15) is 5.56 Å². The van der Waals surface area contributed by atoms with Crippen molar-refractivity contribution in [2.45, 2.75) is 6.92 Å². The van der Waals surface area contributed by atoms with E-state index in [9.17, 15) is 4.79 Å². The molecule has 0 aromatic heterocycles. The quantitative estimate of drug-likeness (QED) is 0.867. The first-order chi connectivity index (χ1) is 10.9. The second-order valence-electron chi connectivity index (χ2n) is 5.31. The van der Waals surface area contributed by atoms with Gasteiger partial charge in [-0.05, 0) is 48.9 Å². The third kappa shape index (κ3) is 4.78. The Bertz CT molecular complexity index is 677. The molecule has 122 valence electrons. The molecule has 0 heterocycles. The number of carbonyl (C=O) groups is 1. The molecule has 0 saturated carbocycles. The number of nitrogens with one attached hydrogen (secondary N) is 1. The summed E-state index contributed by atoms with van der Waals surface area (Å²) in [7, 11) is 3.92. The van der Waals surface area contributed by atoms with Crippen LogP contribution >= 0.6 is 23.2 Å². The molecule has 0 saturated heterocycles. The fourth-order valence-electron chi connectivity index (χ4n) is 2.05. The topological polar surface area (TPSA) is 41.6 Å². The predicted molar refractivity (Wildman–Crippen MR) is 96.1 cm³/mol. The Morgan fingerprint density at radius 3 is 2.39 bits per heavy atom. The molecule has 4 nitrogen and oxygen atoms in total. The van der Waals surface area contributed by atoms with Crippen molar-refractivity contribution in [1.29, 1.82) is 0 Å². The van der Waals surface area contributed by atoms with Crippen molar-refractivity contribution < 1.29 is 9.53 Å². The van der Waals surface area contributed by atoms with Gasteiger partial charge in [-0.25, -0.2) is 0 Å². The van der Waals surface area contributed by atoms with Crippen LogP contribution in [0.2, 0.25) is 10.0 Å². The van der Waals surface area contributed by atoms with Crippen molar-refractivity contribution in [2.75, 3.05) is 30.9 Å². The highest BCUT2D eigenvalue weighted by Gasteiger charge is 2.10. The molecule has 0 aliphatic heterocycles. The number of ether oxygens (including phenoxy) is 1. The Balaban J connectivity index is 1.95. The predicted octanol–water partition coefficient (Wildman–Crippen LogP) is 4.39. The zero-order valence-electron chi connectivity index (χ0n) is 13.2. The lowest BCUT2D eigenvalue weighted by Gasteiger charge is -2.14. The lowest BCUT2D eigenvalue weighted by Crippen LogP contribution is -2.20. The van der Waals surface area contributed by atoms with Crippen LogP contribution in [0.25, 0.3) is 0 Å². The van der Waals surface area contributed by atoms with E-state index in [1.54, 1.807) is 12.1 Å². The number of benzene rings is 2. The van der Waals surface area contributed by atoms with Crippen LogP contribution in [0.4, 0.5) is 11.4 Å². The van der Waals surface area contributed by atoms with Crippen LogP contribution in [0.15, 0.2) is 36.4 Å². The van der Waals surface area contributed by atoms with Crippen LogP contribution in [-0.4, -0.2) is 26.6 Å². The summed E-state index contributed by atoms with van der Waals surface area (Å²) in [4.78, 5) is 14.0. The van der Waals surface area contributed by atoms with Crippen LogP contribution in [0.3, 0.4) is 0 Å².